The van der Waals surface area contributed by atoms with Crippen molar-refractivity contribution in [3.63, 3.8) is 0 Å². The summed E-state index contributed by atoms with van der Waals surface area (Å²) < 4.78 is 0. The number of amidine groups is 1. The molecule has 0 saturated carbocycles. The number of halogens is 1. The van der Waals surface area contributed by atoms with Crippen LogP contribution < -0.4 is 0 Å². The first-order chi connectivity index (χ1) is 12.0. The number of carbonyl (C=O) groups excluding carboxylic acids is 1. The molecule has 1 saturated heterocycles. The van der Waals surface area contributed by atoms with Crippen molar-refractivity contribution in [1.29, 1.82) is 0 Å². The van der Waals surface area contributed by atoms with Gasteiger partial charge in [-0.05, 0) is 41.6 Å². The second-order valence-electron chi connectivity index (χ2n) is 5.17. The molecule has 3 rings (SSSR count). The topological polar surface area (TPSA) is 75.8 Å². The number of para-hydroxylation sites is 1. The highest BCUT2D eigenvalue weighted by molar-refractivity contribution is 8.18. The van der Waals surface area contributed by atoms with Gasteiger partial charge in [0.1, 0.15) is 5.02 Å². The summed E-state index contributed by atoms with van der Waals surface area (Å²) in [6.45, 7) is 0. The number of amides is 1. The molecule has 0 N–H and O–H groups in total. The van der Waals surface area contributed by atoms with Gasteiger partial charge in [0.2, 0.25) is 0 Å². The number of hydrogen-bond donors (Lipinski definition) is 0. The fraction of sp³-hybridized carbons (Fsp3) is 0.0588. The summed E-state index contributed by atoms with van der Waals surface area (Å²) in [5, 5.41) is 11.6. The molecule has 1 aliphatic heterocycles. The molecule has 1 heterocycles. The minimum Gasteiger partial charge on any atom is -0.290 e. The van der Waals surface area contributed by atoms with Gasteiger partial charge in [-0.15, -0.1) is 0 Å². The molecular weight excluding hydrogens is 362 g/mol. The maximum atomic E-state index is 12.4. The Morgan fingerprint density at radius 2 is 1.96 bits per heavy atom. The first-order valence-electron chi connectivity index (χ1n) is 7.21. The number of carbonyl (C=O) groups is 1. The summed E-state index contributed by atoms with van der Waals surface area (Å²) in [5.74, 6) is -0.211. The fourth-order valence-electron chi connectivity index (χ4n) is 2.18. The molecule has 0 aliphatic carbocycles. The van der Waals surface area contributed by atoms with E-state index in [2.05, 4.69) is 4.99 Å². The van der Waals surface area contributed by atoms with E-state index in [-0.39, 0.29) is 16.6 Å². The van der Waals surface area contributed by atoms with E-state index >= 15 is 0 Å². The Bertz CT molecular complexity index is 913. The smallest absolute Gasteiger partial charge is 0.288 e. The predicted octanol–water partition coefficient (Wildman–Crippen LogP) is 4.48. The van der Waals surface area contributed by atoms with Crippen LogP contribution in [0.1, 0.15) is 5.56 Å². The third kappa shape index (κ3) is 3.72. The summed E-state index contributed by atoms with van der Waals surface area (Å²) >= 11 is 7.03. The van der Waals surface area contributed by atoms with Crippen molar-refractivity contribution in [2.24, 2.45) is 4.99 Å². The van der Waals surface area contributed by atoms with Crippen LogP contribution in [-0.4, -0.2) is 27.9 Å². The van der Waals surface area contributed by atoms with Crippen LogP contribution in [0.15, 0.2) is 58.4 Å². The first kappa shape index (κ1) is 17.2. The Balaban J connectivity index is 1.92. The molecule has 1 fully saturated rings. The van der Waals surface area contributed by atoms with Gasteiger partial charge in [0.05, 0.1) is 15.5 Å². The minimum atomic E-state index is -0.553. The SMILES string of the molecule is CN1C(=O)/C(=C\c2ccc(Cl)c([N+](=O)[O-])c2)SC1=Nc1ccccc1. The second-order valence-corrected chi connectivity index (χ2v) is 6.59. The number of benzene rings is 2. The van der Waals surface area contributed by atoms with Crippen molar-refractivity contribution in [3.05, 3.63) is 74.1 Å². The molecule has 0 atom stereocenters. The number of thioether (sulfide) groups is 1. The van der Waals surface area contributed by atoms with Crippen LogP contribution in [0.4, 0.5) is 11.4 Å². The van der Waals surface area contributed by atoms with E-state index < -0.39 is 4.92 Å². The van der Waals surface area contributed by atoms with Crippen molar-refractivity contribution in [1.82, 2.24) is 4.90 Å². The van der Waals surface area contributed by atoms with Crippen LogP contribution in [0.25, 0.3) is 6.08 Å². The molecule has 8 heteroatoms. The number of aliphatic imine (C=N–C) groups is 1. The highest BCUT2D eigenvalue weighted by Crippen LogP contribution is 2.34. The number of rotatable bonds is 3. The molecule has 2 aromatic rings. The maximum Gasteiger partial charge on any atom is 0.288 e. The summed E-state index contributed by atoms with van der Waals surface area (Å²) in [5.41, 5.74) is 1.08. The van der Waals surface area contributed by atoms with Gasteiger partial charge in [0.15, 0.2) is 5.17 Å². The van der Waals surface area contributed by atoms with Crippen molar-refractivity contribution >= 4 is 51.9 Å². The van der Waals surface area contributed by atoms with Crippen LogP contribution in [0.2, 0.25) is 5.02 Å². The summed E-state index contributed by atoms with van der Waals surface area (Å²) in [7, 11) is 1.64. The van der Waals surface area contributed by atoms with Gasteiger partial charge in [-0.1, -0.05) is 35.9 Å². The number of nitro benzene ring substituents is 1. The van der Waals surface area contributed by atoms with E-state index in [1.807, 2.05) is 30.3 Å². The fourth-order valence-corrected chi connectivity index (χ4v) is 3.35. The van der Waals surface area contributed by atoms with Crippen molar-refractivity contribution in [3.8, 4) is 0 Å². The Hall–Kier alpha value is -2.64. The summed E-state index contributed by atoms with van der Waals surface area (Å²) in [4.78, 5) is 29.2. The Labute approximate surface area is 153 Å². The molecule has 25 heavy (non-hydrogen) atoms. The number of hydrogen-bond acceptors (Lipinski definition) is 5. The van der Waals surface area contributed by atoms with Gasteiger partial charge in [-0.25, -0.2) is 4.99 Å². The zero-order valence-electron chi connectivity index (χ0n) is 13.0. The van der Waals surface area contributed by atoms with Crippen molar-refractivity contribution in [2.75, 3.05) is 7.05 Å². The molecule has 6 nitrogen and oxygen atoms in total. The van der Waals surface area contributed by atoms with Gasteiger partial charge in [-0.3, -0.25) is 19.8 Å². The van der Waals surface area contributed by atoms with Gasteiger partial charge in [0, 0.05) is 13.1 Å². The van der Waals surface area contributed by atoms with Crippen molar-refractivity contribution in [2.45, 2.75) is 0 Å². The zero-order valence-corrected chi connectivity index (χ0v) is 14.6. The highest BCUT2D eigenvalue weighted by Gasteiger charge is 2.30. The maximum absolute atomic E-state index is 12.4. The van der Waals surface area contributed by atoms with Crippen LogP contribution >= 0.6 is 23.4 Å². The molecule has 0 unspecified atom stereocenters. The number of nitrogens with zero attached hydrogens (tertiary/aromatic N) is 3. The molecule has 0 bridgehead atoms. The predicted molar refractivity (Wildman–Crippen MR) is 100.0 cm³/mol. The molecule has 1 aliphatic rings. The van der Waals surface area contributed by atoms with E-state index in [1.54, 1.807) is 19.2 Å². The van der Waals surface area contributed by atoms with Gasteiger partial charge in [0.25, 0.3) is 11.6 Å². The minimum absolute atomic E-state index is 0.0565. The third-order valence-corrected chi connectivity index (χ3v) is 4.83. The van der Waals surface area contributed by atoms with E-state index in [0.29, 0.717) is 15.6 Å². The van der Waals surface area contributed by atoms with E-state index in [4.69, 9.17) is 11.6 Å². The number of likely N-dealkylation sites (N-methyl/N-ethyl adjacent to an activating group) is 1. The summed E-state index contributed by atoms with van der Waals surface area (Å²) in [6.07, 6.45) is 1.60. The number of nitro groups is 1. The zero-order chi connectivity index (χ0) is 18.0. The highest BCUT2D eigenvalue weighted by atomic mass is 35.5. The molecule has 0 spiro atoms. The Morgan fingerprint density at radius 1 is 1.24 bits per heavy atom. The van der Waals surface area contributed by atoms with E-state index in [9.17, 15) is 14.9 Å². The van der Waals surface area contributed by atoms with E-state index in [0.717, 1.165) is 5.69 Å². The standard InChI is InChI=1S/C17H12ClN3O3S/c1-20-16(22)15(25-17(20)19-12-5-3-2-4-6-12)10-11-7-8-13(18)14(9-11)21(23)24/h2-10H,1H3/b15-10+,19-17?. The average Bonchev–Trinajstić information content (AvgIpc) is 2.85. The largest absolute Gasteiger partial charge is 0.290 e. The molecular formula is C17H12ClN3O3S. The molecule has 0 aromatic heterocycles. The molecule has 126 valence electrons. The van der Waals surface area contributed by atoms with Gasteiger partial charge in [-0.2, -0.15) is 0 Å². The van der Waals surface area contributed by atoms with Crippen LogP contribution in [0, 0.1) is 10.1 Å². The lowest BCUT2D eigenvalue weighted by Gasteiger charge is -2.06. The lowest BCUT2D eigenvalue weighted by atomic mass is 10.2. The Kier molecular flexibility index (Phi) is 4.87. The Morgan fingerprint density at radius 3 is 2.64 bits per heavy atom. The summed E-state index contributed by atoms with van der Waals surface area (Å²) in [6, 6.07) is 13.7. The third-order valence-electron chi connectivity index (χ3n) is 3.45. The van der Waals surface area contributed by atoms with Crippen LogP contribution in [0.3, 0.4) is 0 Å². The monoisotopic (exact) mass is 373 g/mol. The van der Waals surface area contributed by atoms with Crippen molar-refractivity contribution < 1.29 is 9.72 Å². The average molecular weight is 374 g/mol. The van der Waals surface area contributed by atoms with Gasteiger partial charge >= 0.3 is 0 Å². The van der Waals surface area contributed by atoms with Crippen LogP contribution in [-0.2, 0) is 4.79 Å². The van der Waals surface area contributed by atoms with E-state index in [1.165, 1.54) is 28.8 Å². The lowest BCUT2D eigenvalue weighted by Crippen LogP contribution is -2.23. The van der Waals surface area contributed by atoms with Gasteiger partial charge < -0.3 is 0 Å². The quantitative estimate of drug-likeness (QED) is 0.451. The van der Waals surface area contributed by atoms with Crippen LogP contribution in [0.5, 0.6) is 0 Å². The second kappa shape index (κ2) is 7.08. The molecule has 0 radical (unpaired) electrons. The lowest BCUT2D eigenvalue weighted by molar-refractivity contribution is -0.384. The normalized spacial score (nSPS) is 17.5. The molecule has 2 aromatic carbocycles. The molecule has 1 amide bonds. The first-order valence-corrected chi connectivity index (χ1v) is 8.40.